The average molecular weight is 428 g/mol. The lowest BCUT2D eigenvalue weighted by molar-refractivity contribution is -0.126. The van der Waals surface area contributed by atoms with Crippen LogP contribution in [0.1, 0.15) is 18.7 Å². The number of piperidine rings is 1. The van der Waals surface area contributed by atoms with Crippen LogP contribution in [-0.4, -0.2) is 60.3 Å². The van der Waals surface area contributed by atoms with Crippen molar-refractivity contribution in [2.24, 2.45) is 5.92 Å². The van der Waals surface area contributed by atoms with Gasteiger partial charge in [0.15, 0.2) is 0 Å². The zero-order chi connectivity index (χ0) is 20.3. The van der Waals surface area contributed by atoms with Crippen LogP contribution in [0.15, 0.2) is 28.8 Å². The third-order valence-electron chi connectivity index (χ3n) is 4.54. The molecular weight excluding hydrogens is 406 g/mol. The SMILES string of the molecule is CN(C)S(=O)(=O)N1CCCC(C(=O)NCc2nc(-c3ccccc3Cl)no2)C1. The minimum atomic E-state index is -3.53. The number of nitrogens with zero attached hydrogens (tertiary/aromatic N) is 4. The van der Waals surface area contributed by atoms with Crippen LogP contribution in [0.2, 0.25) is 5.02 Å². The minimum Gasteiger partial charge on any atom is -0.347 e. The maximum Gasteiger partial charge on any atom is 0.281 e. The van der Waals surface area contributed by atoms with Gasteiger partial charge >= 0.3 is 0 Å². The lowest BCUT2D eigenvalue weighted by Crippen LogP contribution is -2.48. The Balaban J connectivity index is 1.59. The molecule has 1 amide bonds. The average Bonchev–Trinajstić information content (AvgIpc) is 3.15. The van der Waals surface area contributed by atoms with Crippen molar-refractivity contribution >= 4 is 27.7 Å². The second-order valence-corrected chi connectivity index (χ2v) is 9.25. The van der Waals surface area contributed by atoms with E-state index in [-0.39, 0.29) is 24.9 Å². The summed E-state index contributed by atoms with van der Waals surface area (Å²) < 4.78 is 32.2. The second kappa shape index (κ2) is 8.56. The molecule has 0 radical (unpaired) electrons. The Morgan fingerprint density at radius 1 is 1.39 bits per heavy atom. The zero-order valence-corrected chi connectivity index (χ0v) is 17.2. The van der Waals surface area contributed by atoms with Crippen molar-refractivity contribution in [1.82, 2.24) is 24.1 Å². The molecule has 0 bridgehead atoms. The van der Waals surface area contributed by atoms with E-state index >= 15 is 0 Å². The fourth-order valence-electron chi connectivity index (χ4n) is 2.98. The van der Waals surface area contributed by atoms with Crippen LogP contribution in [0.3, 0.4) is 0 Å². The van der Waals surface area contributed by atoms with E-state index < -0.39 is 16.1 Å². The number of halogens is 1. The van der Waals surface area contributed by atoms with Crippen molar-refractivity contribution < 1.29 is 17.7 Å². The first-order valence-electron chi connectivity index (χ1n) is 8.82. The lowest BCUT2D eigenvalue weighted by atomic mass is 9.99. The summed E-state index contributed by atoms with van der Waals surface area (Å²) >= 11 is 6.12. The van der Waals surface area contributed by atoms with Crippen LogP contribution in [0.5, 0.6) is 0 Å². The van der Waals surface area contributed by atoms with Crippen LogP contribution >= 0.6 is 11.6 Å². The van der Waals surface area contributed by atoms with E-state index in [0.717, 1.165) is 4.31 Å². The Labute approximate surface area is 168 Å². The van der Waals surface area contributed by atoms with Gasteiger partial charge in [-0.05, 0) is 25.0 Å². The number of hydrogen-bond acceptors (Lipinski definition) is 6. The summed E-state index contributed by atoms with van der Waals surface area (Å²) in [6.45, 7) is 0.628. The van der Waals surface area contributed by atoms with Crippen LogP contribution in [0.4, 0.5) is 0 Å². The van der Waals surface area contributed by atoms with Crippen molar-refractivity contribution in [3.63, 3.8) is 0 Å². The highest BCUT2D eigenvalue weighted by Crippen LogP contribution is 2.25. The highest BCUT2D eigenvalue weighted by molar-refractivity contribution is 7.86. The van der Waals surface area contributed by atoms with Crippen LogP contribution in [0.25, 0.3) is 11.4 Å². The summed E-state index contributed by atoms with van der Waals surface area (Å²) in [4.78, 5) is 16.7. The number of carbonyl (C=O) groups excluding carboxylic acids is 1. The number of benzene rings is 1. The number of hydrogen-bond donors (Lipinski definition) is 1. The van der Waals surface area contributed by atoms with Crippen molar-refractivity contribution in [2.75, 3.05) is 27.2 Å². The van der Waals surface area contributed by atoms with Gasteiger partial charge in [-0.15, -0.1) is 0 Å². The summed E-state index contributed by atoms with van der Waals surface area (Å²) in [5, 5.41) is 7.14. The molecule has 1 aliphatic rings. The smallest absolute Gasteiger partial charge is 0.281 e. The Morgan fingerprint density at radius 3 is 2.86 bits per heavy atom. The Hall–Kier alpha value is -2.01. The fraction of sp³-hybridized carbons (Fsp3) is 0.471. The molecule has 3 rings (SSSR count). The Bertz CT molecular complexity index is 947. The Morgan fingerprint density at radius 2 is 2.14 bits per heavy atom. The molecule has 0 saturated carbocycles. The van der Waals surface area contributed by atoms with E-state index in [1.54, 1.807) is 18.2 Å². The van der Waals surface area contributed by atoms with Gasteiger partial charge in [-0.3, -0.25) is 4.79 Å². The lowest BCUT2D eigenvalue weighted by Gasteiger charge is -2.32. The molecule has 11 heteroatoms. The predicted octanol–water partition coefficient (Wildman–Crippen LogP) is 1.52. The first kappa shape index (κ1) is 20.7. The summed E-state index contributed by atoms with van der Waals surface area (Å²) in [5.74, 6) is -0.0711. The third-order valence-corrected chi connectivity index (χ3v) is 6.78. The van der Waals surface area contributed by atoms with E-state index in [9.17, 15) is 13.2 Å². The largest absolute Gasteiger partial charge is 0.347 e. The Kier molecular flexibility index (Phi) is 6.33. The molecule has 1 N–H and O–H groups in total. The molecule has 9 nitrogen and oxygen atoms in total. The molecule has 1 atom stereocenters. The van der Waals surface area contributed by atoms with Crippen LogP contribution in [-0.2, 0) is 21.5 Å². The first-order chi connectivity index (χ1) is 13.3. The standard InChI is InChI=1S/C17H22ClN5O4S/c1-22(2)28(25,26)23-9-5-6-12(11-23)17(24)19-10-15-20-16(21-27-15)13-7-3-4-8-14(13)18/h3-4,7-8,12H,5-6,9-11H2,1-2H3,(H,19,24). The molecule has 28 heavy (non-hydrogen) atoms. The number of amides is 1. The molecule has 2 heterocycles. The van der Waals surface area contributed by atoms with E-state index in [1.165, 1.54) is 18.4 Å². The fourth-order valence-corrected chi connectivity index (χ4v) is 4.39. The number of carbonyl (C=O) groups is 1. The van der Waals surface area contributed by atoms with Gasteiger partial charge in [0, 0.05) is 32.7 Å². The normalized spacial score (nSPS) is 18.4. The molecule has 1 unspecified atom stereocenters. The van der Waals surface area contributed by atoms with Gasteiger partial charge in [0.05, 0.1) is 17.5 Å². The molecule has 1 aliphatic heterocycles. The summed E-state index contributed by atoms with van der Waals surface area (Å²) in [6, 6.07) is 7.12. The molecule has 1 saturated heterocycles. The highest BCUT2D eigenvalue weighted by Gasteiger charge is 2.33. The van der Waals surface area contributed by atoms with Gasteiger partial charge in [0.2, 0.25) is 17.6 Å². The minimum absolute atomic E-state index is 0.0627. The molecule has 1 aromatic heterocycles. The van der Waals surface area contributed by atoms with Crippen molar-refractivity contribution in [2.45, 2.75) is 19.4 Å². The summed E-state index contributed by atoms with van der Waals surface area (Å²) in [7, 11) is -0.577. The van der Waals surface area contributed by atoms with Crippen molar-refractivity contribution in [3.8, 4) is 11.4 Å². The highest BCUT2D eigenvalue weighted by atomic mass is 35.5. The maximum atomic E-state index is 12.5. The van der Waals surface area contributed by atoms with E-state index in [2.05, 4.69) is 15.5 Å². The first-order valence-corrected chi connectivity index (χ1v) is 10.6. The van der Waals surface area contributed by atoms with E-state index in [0.29, 0.717) is 35.8 Å². The quantitative estimate of drug-likeness (QED) is 0.748. The molecule has 0 aliphatic carbocycles. The van der Waals surface area contributed by atoms with Crippen molar-refractivity contribution in [1.29, 1.82) is 0 Å². The number of nitrogens with one attached hydrogen (secondary N) is 1. The third kappa shape index (κ3) is 4.52. The zero-order valence-electron chi connectivity index (χ0n) is 15.6. The van der Waals surface area contributed by atoms with Gasteiger partial charge in [0.25, 0.3) is 10.2 Å². The summed E-state index contributed by atoms with van der Waals surface area (Å²) in [6.07, 6.45) is 1.25. The van der Waals surface area contributed by atoms with E-state index in [1.807, 2.05) is 6.07 Å². The number of aromatic nitrogens is 2. The van der Waals surface area contributed by atoms with Gasteiger partial charge in [-0.25, -0.2) is 0 Å². The van der Waals surface area contributed by atoms with E-state index in [4.69, 9.17) is 16.1 Å². The molecule has 1 aromatic carbocycles. The summed E-state index contributed by atoms with van der Waals surface area (Å²) in [5.41, 5.74) is 0.641. The molecule has 2 aromatic rings. The molecule has 0 spiro atoms. The molecule has 152 valence electrons. The van der Waals surface area contributed by atoms with Gasteiger partial charge in [0.1, 0.15) is 0 Å². The van der Waals surface area contributed by atoms with Gasteiger partial charge in [-0.2, -0.15) is 22.0 Å². The topological polar surface area (TPSA) is 109 Å². The molecule has 1 fully saturated rings. The predicted molar refractivity (Wildman–Crippen MR) is 103 cm³/mol. The van der Waals surface area contributed by atoms with Gasteiger partial charge < -0.3 is 9.84 Å². The second-order valence-electron chi connectivity index (χ2n) is 6.70. The van der Waals surface area contributed by atoms with Crippen LogP contribution in [0, 0.1) is 5.92 Å². The monoisotopic (exact) mass is 427 g/mol. The van der Waals surface area contributed by atoms with Gasteiger partial charge in [-0.1, -0.05) is 28.9 Å². The van der Waals surface area contributed by atoms with Crippen LogP contribution < -0.4 is 5.32 Å². The maximum absolute atomic E-state index is 12.5. The number of rotatable bonds is 6. The van der Waals surface area contributed by atoms with Crippen molar-refractivity contribution in [3.05, 3.63) is 35.2 Å². The molecular formula is C17H22ClN5O4S.